The van der Waals surface area contributed by atoms with Gasteiger partial charge >= 0.3 is 0 Å². The van der Waals surface area contributed by atoms with Crippen molar-refractivity contribution < 1.29 is 19.7 Å². The Morgan fingerprint density at radius 2 is 1.71 bits per heavy atom. The van der Waals surface area contributed by atoms with Crippen molar-refractivity contribution in [1.82, 2.24) is 4.90 Å². The fourth-order valence-corrected chi connectivity index (χ4v) is 4.95. The lowest BCUT2D eigenvalue weighted by atomic mass is 10.3. The third-order valence-corrected chi connectivity index (χ3v) is 8.52. The molecule has 0 aliphatic carbocycles. The lowest BCUT2D eigenvalue weighted by Gasteiger charge is -2.44. The molecular formula is C13H33N3O4Si. The van der Waals surface area contributed by atoms with Crippen molar-refractivity contribution in [3.8, 4) is 0 Å². The third kappa shape index (κ3) is 7.66. The van der Waals surface area contributed by atoms with E-state index in [0.717, 1.165) is 0 Å². The first-order chi connectivity index (χ1) is 9.34. The Kier molecular flexibility index (Phi) is 7.95. The van der Waals surface area contributed by atoms with Gasteiger partial charge in [-0.3, -0.25) is 4.90 Å². The molecule has 2 atom stereocenters. The molecule has 0 fully saturated rings. The molecule has 2 unspecified atom stereocenters. The van der Waals surface area contributed by atoms with Crippen LogP contribution in [0.3, 0.4) is 0 Å². The second kappa shape index (κ2) is 7.98. The molecule has 0 radical (unpaired) electrons. The molecule has 0 amide bonds. The Balaban J connectivity index is 4.83. The van der Waals surface area contributed by atoms with Crippen molar-refractivity contribution in [3.63, 3.8) is 0 Å². The minimum atomic E-state index is -2.37. The van der Waals surface area contributed by atoms with Crippen LogP contribution in [0.1, 0.15) is 27.7 Å². The zero-order valence-corrected chi connectivity index (χ0v) is 15.0. The van der Waals surface area contributed by atoms with Crippen molar-refractivity contribution in [2.75, 3.05) is 26.4 Å². The summed E-state index contributed by atoms with van der Waals surface area (Å²) in [5.41, 5.74) is 11.5. The quantitative estimate of drug-likeness (QED) is 0.262. The average Bonchev–Trinajstić information content (AvgIpc) is 2.30. The van der Waals surface area contributed by atoms with E-state index in [4.69, 9.17) is 21.0 Å². The van der Waals surface area contributed by atoms with Gasteiger partial charge in [-0.1, -0.05) is 0 Å². The number of nitrogens with two attached hydrogens (primary N) is 2. The van der Waals surface area contributed by atoms with Gasteiger partial charge in [-0.2, -0.15) is 0 Å². The minimum Gasteiger partial charge on any atom is -0.398 e. The van der Waals surface area contributed by atoms with Crippen LogP contribution in [0.4, 0.5) is 0 Å². The van der Waals surface area contributed by atoms with Gasteiger partial charge in [-0.05, 0) is 40.3 Å². The van der Waals surface area contributed by atoms with E-state index < -0.39 is 25.3 Å². The van der Waals surface area contributed by atoms with Gasteiger partial charge in [-0.15, -0.1) is 0 Å². The molecule has 0 bridgehead atoms. The standard InChI is InChI=1S/C13H33N3O4Si/c1-12(2,14)20-21(5,13(3,4)15)7-6-16(10-18)8-11(19)9-17/h11,17-19H,6-10,14-15H2,1-5H3. The number of rotatable bonds is 10. The van der Waals surface area contributed by atoms with E-state index in [-0.39, 0.29) is 19.9 Å². The van der Waals surface area contributed by atoms with Crippen molar-refractivity contribution in [1.29, 1.82) is 0 Å². The molecule has 7 nitrogen and oxygen atoms in total. The summed E-state index contributed by atoms with van der Waals surface area (Å²) in [7, 11) is -2.37. The number of aliphatic hydroxyl groups is 3. The first kappa shape index (κ1) is 20.9. The zero-order valence-electron chi connectivity index (χ0n) is 14.0. The van der Waals surface area contributed by atoms with Gasteiger partial charge in [0.25, 0.3) is 0 Å². The summed E-state index contributed by atoms with van der Waals surface area (Å²) in [4.78, 5) is 1.66. The van der Waals surface area contributed by atoms with Gasteiger partial charge in [0.1, 0.15) is 0 Å². The molecular weight excluding hydrogens is 290 g/mol. The van der Waals surface area contributed by atoms with Gasteiger partial charge < -0.3 is 31.2 Å². The second-order valence-electron chi connectivity index (χ2n) is 6.96. The summed E-state index contributed by atoms with van der Waals surface area (Å²) in [5, 5.41) is 27.2. The van der Waals surface area contributed by atoms with Crippen molar-refractivity contribution in [3.05, 3.63) is 0 Å². The summed E-state index contributed by atoms with van der Waals surface area (Å²) in [5.74, 6) is 0. The van der Waals surface area contributed by atoms with E-state index in [1.54, 1.807) is 18.7 Å². The average molecular weight is 324 g/mol. The highest BCUT2D eigenvalue weighted by atomic mass is 28.4. The molecule has 0 aromatic rings. The maximum absolute atomic E-state index is 9.47. The molecule has 8 heteroatoms. The van der Waals surface area contributed by atoms with Gasteiger partial charge in [0.15, 0.2) is 0 Å². The van der Waals surface area contributed by atoms with Crippen LogP contribution in [-0.2, 0) is 4.43 Å². The highest BCUT2D eigenvalue weighted by Crippen LogP contribution is 2.27. The van der Waals surface area contributed by atoms with E-state index in [9.17, 15) is 10.2 Å². The molecule has 0 aromatic heterocycles. The molecule has 0 rings (SSSR count). The zero-order chi connectivity index (χ0) is 16.9. The third-order valence-electron chi connectivity index (χ3n) is 3.64. The van der Waals surface area contributed by atoms with Gasteiger partial charge in [-0.25, -0.2) is 0 Å². The smallest absolute Gasteiger partial charge is 0.212 e. The van der Waals surface area contributed by atoms with Crippen molar-refractivity contribution in [2.24, 2.45) is 11.5 Å². The molecule has 21 heavy (non-hydrogen) atoms. The molecule has 0 aliphatic heterocycles. The lowest BCUT2D eigenvalue weighted by molar-refractivity contribution is 0.0259. The monoisotopic (exact) mass is 323 g/mol. The Hall–Kier alpha value is -0.0631. The van der Waals surface area contributed by atoms with E-state index >= 15 is 0 Å². The summed E-state index contributed by atoms with van der Waals surface area (Å²) < 4.78 is 6.09. The predicted octanol–water partition coefficient (Wildman–Crippen LogP) is -0.845. The number of nitrogens with zero attached hydrogens (tertiary/aromatic N) is 1. The largest absolute Gasteiger partial charge is 0.398 e. The molecule has 7 N–H and O–H groups in total. The fraction of sp³-hybridized carbons (Fsp3) is 1.00. The predicted molar refractivity (Wildman–Crippen MR) is 85.8 cm³/mol. The summed E-state index contributed by atoms with van der Waals surface area (Å²) in [6, 6.07) is 0.663. The van der Waals surface area contributed by atoms with Crippen LogP contribution in [0.5, 0.6) is 0 Å². The van der Waals surface area contributed by atoms with Crippen molar-refractivity contribution in [2.45, 2.75) is 57.3 Å². The SMILES string of the molecule is CC(C)(N)O[Si](C)(CCN(CO)CC(O)CO)C(C)(C)N. The van der Waals surface area contributed by atoms with Gasteiger partial charge in [0.2, 0.25) is 8.32 Å². The van der Waals surface area contributed by atoms with E-state index in [0.29, 0.717) is 12.6 Å². The Bertz CT molecular complexity index is 307. The normalized spacial score (nSPS) is 17.9. The highest BCUT2D eigenvalue weighted by Gasteiger charge is 2.45. The molecule has 0 spiro atoms. The van der Waals surface area contributed by atoms with Gasteiger partial charge in [0, 0.05) is 18.3 Å². The maximum atomic E-state index is 9.47. The lowest BCUT2D eigenvalue weighted by Crippen LogP contribution is -2.65. The Labute approximate surface area is 129 Å². The molecule has 0 aromatic carbocycles. The topological polar surface area (TPSA) is 125 Å². The first-order valence-corrected chi connectivity index (χ1v) is 9.86. The van der Waals surface area contributed by atoms with Crippen molar-refractivity contribution >= 4 is 8.32 Å². The van der Waals surface area contributed by atoms with Crippen LogP contribution in [-0.4, -0.2) is 72.0 Å². The van der Waals surface area contributed by atoms with Crippen LogP contribution in [0.2, 0.25) is 12.6 Å². The van der Waals surface area contributed by atoms with Crippen LogP contribution in [0.25, 0.3) is 0 Å². The second-order valence-corrected chi connectivity index (χ2v) is 11.4. The summed E-state index contributed by atoms with van der Waals surface area (Å²) >= 11 is 0. The molecule has 0 aliphatic rings. The van der Waals surface area contributed by atoms with E-state index in [1.165, 1.54) is 0 Å². The van der Waals surface area contributed by atoms with Gasteiger partial charge in [0.05, 0.1) is 25.2 Å². The number of aliphatic hydroxyl groups excluding tert-OH is 3. The molecule has 0 saturated carbocycles. The van der Waals surface area contributed by atoms with Crippen LogP contribution >= 0.6 is 0 Å². The fourth-order valence-electron chi connectivity index (χ4n) is 2.03. The molecule has 128 valence electrons. The molecule has 0 heterocycles. The van der Waals surface area contributed by atoms with E-state index in [2.05, 4.69) is 0 Å². The van der Waals surface area contributed by atoms with Crippen LogP contribution in [0, 0.1) is 0 Å². The minimum absolute atomic E-state index is 0.196. The summed E-state index contributed by atoms with van der Waals surface area (Å²) in [6.07, 6.45) is -0.872. The Morgan fingerprint density at radius 3 is 2.05 bits per heavy atom. The highest BCUT2D eigenvalue weighted by molar-refractivity contribution is 6.75. The van der Waals surface area contributed by atoms with E-state index in [1.807, 2.05) is 20.4 Å². The molecule has 0 saturated heterocycles. The van der Waals surface area contributed by atoms with Crippen LogP contribution in [0.15, 0.2) is 0 Å². The number of hydrogen-bond acceptors (Lipinski definition) is 7. The Morgan fingerprint density at radius 1 is 1.19 bits per heavy atom. The maximum Gasteiger partial charge on any atom is 0.212 e. The number of hydrogen-bond donors (Lipinski definition) is 5. The first-order valence-electron chi connectivity index (χ1n) is 7.24. The van der Waals surface area contributed by atoms with Crippen LogP contribution < -0.4 is 11.5 Å². The summed E-state index contributed by atoms with van der Waals surface area (Å²) in [6.45, 7) is 9.67.